The molecule has 0 amide bonds. The molecule has 0 heteroatoms. The van der Waals surface area contributed by atoms with Gasteiger partial charge in [0.15, 0.2) is 0 Å². The average Bonchev–Trinajstić information content (AvgIpc) is 3.97. The van der Waals surface area contributed by atoms with E-state index >= 15 is 0 Å². The summed E-state index contributed by atoms with van der Waals surface area (Å²) in [5.41, 5.74) is 20.7. The van der Waals surface area contributed by atoms with Crippen molar-refractivity contribution in [2.75, 3.05) is 0 Å². The van der Waals surface area contributed by atoms with Gasteiger partial charge in [-0.15, -0.1) is 0 Å². The van der Waals surface area contributed by atoms with Crippen LogP contribution < -0.4 is 0 Å². The molecule has 0 nitrogen and oxygen atoms in total. The summed E-state index contributed by atoms with van der Waals surface area (Å²) in [4.78, 5) is 0. The molecule has 0 saturated carbocycles. The van der Waals surface area contributed by atoms with Crippen LogP contribution in [0.3, 0.4) is 0 Å². The van der Waals surface area contributed by atoms with Gasteiger partial charge in [-0.2, -0.15) is 0 Å². The highest BCUT2D eigenvalue weighted by molar-refractivity contribution is 6.28. The number of hydrogen-bond acceptors (Lipinski definition) is 0. The van der Waals surface area contributed by atoms with Gasteiger partial charge in [-0.25, -0.2) is 0 Å². The Hall–Kier alpha value is -8.06. The molecular formula is C63H36. The first kappa shape index (κ1) is 33.6. The Balaban J connectivity index is 1.07. The lowest BCUT2D eigenvalue weighted by molar-refractivity contribution is 0.810. The molecule has 1 spiro atoms. The van der Waals surface area contributed by atoms with Gasteiger partial charge in [0.2, 0.25) is 0 Å². The second-order valence-corrected chi connectivity index (χ2v) is 17.7. The first-order valence-corrected chi connectivity index (χ1v) is 22.2. The van der Waals surface area contributed by atoms with E-state index < -0.39 is 5.41 Å². The van der Waals surface area contributed by atoms with E-state index in [1.807, 2.05) is 0 Å². The monoisotopic (exact) mass is 792 g/mol. The van der Waals surface area contributed by atoms with E-state index in [1.54, 1.807) is 0 Å². The highest BCUT2D eigenvalue weighted by atomic mass is 14.5. The van der Waals surface area contributed by atoms with Crippen molar-refractivity contribution in [1.29, 1.82) is 0 Å². The standard InChI is InChI=1S/C63H36/c1-2-17-39(45-34-35-52-41-19-4-3-18-40(41)48-28-15-29-49(45)58(48)52)38(16-1)37-32-33-54-55(36-37)44-22-6-9-26-51(44)60-59-50-25-8-5-20-42(50)43-21-7-10-27-53(43)61(59)63(62(54)60)56-30-13-11-23-46(56)47-24-12-14-31-57(47)63/h1-36H. The zero-order valence-electron chi connectivity index (χ0n) is 34.3. The summed E-state index contributed by atoms with van der Waals surface area (Å²) < 4.78 is 0. The minimum absolute atomic E-state index is 0.536. The lowest BCUT2D eigenvalue weighted by atomic mass is 9.68. The van der Waals surface area contributed by atoms with Gasteiger partial charge in [-0.1, -0.05) is 212 Å². The van der Waals surface area contributed by atoms with Crippen molar-refractivity contribution >= 4 is 53.9 Å². The number of rotatable bonds is 2. The summed E-state index contributed by atoms with van der Waals surface area (Å²) in [6.07, 6.45) is 0. The molecule has 288 valence electrons. The second-order valence-electron chi connectivity index (χ2n) is 17.7. The summed E-state index contributed by atoms with van der Waals surface area (Å²) >= 11 is 0. The lowest BCUT2D eigenvalue weighted by Gasteiger charge is -2.33. The smallest absolute Gasteiger partial charge is 0.0619 e. The van der Waals surface area contributed by atoms with E-state index in [4.69, 9.17) is 0 Å². The van der Waals surface area contributed by atoms with Crippen molar-refractivity contribution in [2.45, 2.75) is 5.41 Å². The molecule has 0 unspecified atom stereocenters. The van der Waals surface area contributed by atoms with Crippen molar-refractivity contribution in [3.8, 4) is 66.8 Å². The summed E-state index contributed by atoms with van der Waals surface area (Å²) in [7, 11) is 0. The Labute approximate surface area is 365 Å². The van der Waals surface area contributed by atoms with Gasteiger partial charge in [-0.05, 0) is 149 Å². The van der Waals surface area contributed by atoms with E-state index in [1.165, 1.54) is 143 Å². The van der Waals surface area contributed by atoms with Crippen LogP contribution in [-0.2, 0) is 5.41 Å². The molecule has 12 aromatic carbocycles. The molecule has 0 fully saturated rings. The topological polar surface area (TPSA) is 0 Å². The fourth-order valence-corrected chi connectivity index (χ4v) is 12.7. The normalized spacial score (nSPS) is 13.5. The third-order valence-electron chi connectivity index (χ3n) is 15.0. The maximum atomic E-state index is 2.51. The van der Waals surface area contributed by atoms with Gasteiger partial charge in [-0.3, -0.25) is 0 Å². The highest BCUT2D eigenvalue weighted by Crippen LogP contribution is 2.68. The van der Waals surface area contributed by atoms with Crippen molar-refractivity contribution in [3.05, 3.63) is 241 Å². The predicted octanol–water partition coefficient (Wildman–Crippen LogP) is 16.8. The highest BCUT2D eigenvalue weighted by Gasteiger charge is 2.54. The number of benzene rings is 12. The van der Waals surface area contributed by atoms with Gasteiger partial charge in [0, 0.05) is 0 Å². The molecule has 0 N–H and O–H groups in total. The van der Waals surface area contributed by atoms with Crippen molar-refractivity contribution in [1.82, 2.24) is 0 Å². The summed E-state index contributed by atoms with van der Waals surface area (Å²) in [5, 5.41) is 13.1. The average molecular weight is 793 g/mol. The van der Waals surface area contributed by atoms with E-state index in [0.29, 0.717) is 0 Å². The zero-order chi connectivity index (χ0) is 41.0. The molecule has 0 atom stereocenters. The van der Waals surface area contributed by atoms with Gasteiger partial charge in [0.25, 0.3) is 0 Å². The molecule has 0 heterocycles. The van der Waals surface area contributed by atoms with Crippen molar-refractivity contribution in [3.63, 3.8) is 0 Å². The maximum Gasteiger partial charge on any atom is 0.0738 e. The lowest BCUT2D eigenvalue weighted by Crippen LogP contribution is -2.26. The number of fused-ring (bicyclic) bond motifs is 23. The summed E-state index contributed by atoms with van der Waals surface area (Å²) in [6.45, 7) is 0. The Morgan fingerprint density at radius 2 is 0.619 bits per heavy atom. The first-order chi connectivity index (χ1) is 31.3. The third kappa shape index (κ3) is 4.08. The van der Waals surface area contributed by atoms with E-state index in [9.17, 15) is 0 Å². The van der Waals surface area contributed by atoms with Crippen LogP contribution in [0.4, 0.5) is 0 Å². The molecule has 63 heavy (non-hydrogen) atoms. The first-order valence-electron chi connectivity index (χ1n) is 22.2. The maximum absolute atomic E-state index is 2.51. The van der Waals surface area contributed by atoms with Crippen LogP contribution in [0.1, 0.15) is 22.3 Å². The van der Waals surface area contributed by atoms with E-state index in [-0.39, 0.29) is 0 Å². The fraction of sp³-hybridized carbons (Fsp3) is 0.0159. The van der Waals surface area contributed by atoms with Gasteiger partial charge >= 0.3 is 0 Å². The van der Waals surface area contributed by atoms with E-state index in [0.717, 1.165) is 0 Å². The SMILES string of the molecule is c1ccc(-c2ccc3c4c(cccc24)-c2ccccc2-3)c(-c2ccc3c4c(c5ccccc5c3c2)-c2c(c3ccccc3c3ccccc23)C42c3ccccc3-c3ccccc32)c1. The Morgan fingerprint density at radius 1 is 0.222 bits per heavy atom. The quantitative estimate of drug-likeness (QED) is 0.153. The van der Waals surface area contributed by atoms with Gasteiger partial charge in [0.1, 0.15) is 0 Å². The van der Waals surface area contributed by atoms with Crippen LogP contribution in [0.5, 0.6) is 0 Å². The minimum Gasteiger partial charge on any atom is -0.0619 e. The molecule has 12 aromatic rings. The van der Waals surface area contributed by atoms with Crippen molar-refractivity contribution < 1.29 is 0 Å². The zero-order valence-corrected chi connectivity index (χ0v) is 34.3. The van der Waals surface area contributed by atoms with Crippen LogP contribution in [0.25, 0.3) is 121 Å². The Bertz CT molecular complexity index is 3960. The summed E-state index contributed by atoms with van der Waals surface area (Å²) in [5.74, 6) is 0. The van der Waals surface area contributed by atoms with E-state index in [2.05, 4.69) is 218 Å². The number of hydrogen-bond donors (Lipinski definition) is 0. The van der Waals surface area contributed by atoms with Crippen LogP contribution in [0, 0.1) is 0 Å². The molecule has 0 radical (unpaired) electrons. The molecule has 0 bridgehead atoms. The molecule has 3 aliphatic carbocycles. The Morgan fingerprint density at radius 3 is 1.24 bits per heavy atom. The second kappa shape index (κ2) is 12.1. The largest absolute Gasteiger partial charge is 0.0738 e. The van der Waals surface area contributed by atoms with Crippen LogP contribution in [0.2, 0.25) is 0 Å². The van der Waals surface area contributed by atoms with Crippen LogP contribution >= 0.6 is 0 Å². The molecule has 15 rings (SSSR count). The molecule has 0 aromatic heterocycles. The molecule has 0 saturated heterocycles. The predicted molar refractivity (Wildman–Crippen MR) is 266 cm³/mol. The van der Waals surface area contributed by atoms with Gasteiger partial charge < -0.3 is 0 Å². The summed E-state index contributed by atoms with van der Waals surface area (Å²) in [6, 6.07) is 82.8. The van der Waals surface area contributed by atoms with Crippen molar-refractivity contribution in [2.24, 2.45) is 0 Å². The molecule has 3 aliphatic rings. The fourth-order valence-electron chi connectivity index (χ4n) is 12.7. The third-order valence-corrected chi connectivity index (χ3v) is 15.0. The Kier molecular flexibility index (Phi) is 6.44. The molecule has 0 aliphatic heterocycles. The van der Waals surface area contributed by atoms with Crippen LogP contribution in [-0.4, -0.2) is 0 Å². The molecular weight excluding hydrogens is 757 g/mol. The van der Waals surface area contributed by atoms with Gasteiger partial charge in [0.05, 0.1) is 5.41 Å². The minimum atomic E-state index is -0.536. The van der Waals surface area contributed by atoms with Crippen LogP contribution in [0.15, 0.2) is 218 Å².